The number of piperidine rings is 1. The van der Waals surface area contributed by atoms with Crippen molar-refractivity contribution in [2.45, 2.75) is 25.8 Å². The average Bonchev–Trinajstić information content (AvgIpc) is 3.02. The summed E-state index contributed by atoms with van der Waals surface area (Å²) >= 11 is 0. The van der Waals surface area contributed by atoms with Crippen molar-refractivity contribution in [1.82, 2.24) is 9.88 Å². The molecule has 3 aliphatic heterocycles. The largest absolute Gasteiger partial charge is 0.352 e. The van der Waals surface area contributed by atoms with Crippen LogP contribution in [0.2, 0.25) is 0 Å². The second kappa shape index (κ2) is 7.98. The maximum absolute atomic E-state index is 12.5. The monoisotopic (exact) mass is 379 g/mol. The Kier molecular flexibility index (Phi) is 5.25. The van der Waals surface area contributed by atoms with Gasteiger partial charge in [-0.15, -0.1) is 0 Å². The van der Waals surface area contributed by atoms with Crippen LogP contribution in [0.1, 0.15) is 30.1 Å². The molecule has 0 spiro atoms. The molecule has 1 aromatic heterocycles. The molecule has 7 heteroatoms. The number of fused-ring (bicyclic) bond motifs is 4. The van der Waals surface area contributed by atoms with Gasteiger partial charge < -0.3 is 20.4 Å². The van der Waals surface area contributed by atoms with Gasteiger partial charge in [-0.1, -0.05) is 6.07 Å². The summed E-state index contributed by atoms with van der Waals surface area (Å²) in [7, 11) is 0. The SMILES string of the molecule is CC(=O)Nc1cccc(C(=O)Nc2ccc(N3CCN4CCC3CC4)nc2)c1. The van der Waals surface area contributed by atoms with Gasteiger partial charge in [-0.25, -0.2) is 4.98 Å². The van der Waals surface area contributed by atoms with Crippen LogP contribution in [0.25, 0.3) is 0 Å². The first-order valence-corrected chi connectivity index (χ1v) is 9.72. The van der Waals surface area contributed by atoms with Crippen LogP contribution in [0.4, 0.5) is 17.2 Å². The van der Waals surface area contributed by atoms with Crippen LogP contribution < -0.4 is 15.5 Å². The van der Waals surface area contributed by atoms with E-state index in [0.717, 1.165) is 18.9 Å². The fourth-order valence-electron chi connectivity index (χ4n) is 3.96. The van der Waals surface area contributed by atoms with Gasteiger partial charge in [0.15, 0.2) is 0 Å². The third-order valence-electron chi connectivity index (χ3n) is 5.40. The fraction of sp³-hybridized carbons (Fsp3) is 0.381. The van der Waals surface area contributed by atoms with E-state index in [1.807, 2.05) is 12.1 Å². The van der Waals surface area contributed by atoms with E-state index in [-0.39, 0.29) is 11.8 Å². The highest BCUT2D eigenvalue weighted by molar-refractivity contribution is 6.05. The minimum Gasteiger partial charge on any atom is -0.352 e. The maximum atomic E-state index is 12.5. The number of hydrogen-bond donors (Lipinski definition) is 2. The van der Waals surface area contributed by atoms with Gasteiger partial charge >= 0.3 is 0 Å². The number of rotatable bonds is 4. The molecule has 3 fully saturated rings. The molecule has 0 atom stereocenters. The second-order valence-corrected chi connectivity index (χ2v) is 7.39. The lowest BCUT2D eigenvalue weighted by molar-refractivity contribution is -0.114. The summed E-state index contributed by atoms with van der Waals surface area (Å²) in [5.74, 6) is 0.568. The van der Waals surface area contributed by atoms with Crippen molar-refractivity contribution in [2.75, 3.05) is 41.7 Å². The van der Waals surface area contributed by atoms with Crippen molar-refractivity contribution in [1.29, 1.82) is 0 Å². The Morgan fingerprint density at radius 1 is 1.00 bits per heavy atom. The van der Waals surface area contributed by atoms with Crippen molar-refractivity contribution in [2.24, 2.45) is 0 Å². The Labute approximate surface area is 164 Å². The van der Waals surface area contributed by atoms with Crippen molar-refractivity contribution in [3.05, 3.63) is 48.2 Å². The van der Waals surface area contributed by atoms with Gasteiger partial charge in [0.1, 0.15) is 5.82 Å². The van der Waals surface area contributed by atoms with Crippen molar-refractivity contribution in [3.63, 3.8) is 0 Å². The molecule has 2 N–H and O–H groups in total. The van der Waals surface area contributed by atoms with Crippen LogP contribution in [-0.2, 0) is 4.79 Å². The van der Waals surface area contributed by atoms with E-state index in [1.54, 1.807) is 30.5 Å². The molecule has 0 aliphatic carbocycles. The lowest BCUT2D eigenvalue weighted by Gasteiger charge is -2.32. The van der Waals surface area contributed by atoms with Crippen molar-refractivity contribution >= 4 is 29.0 Å². The summed E-state index contributed by atoms with van der Waals surface area (Å²) in [5, 5.41) is 5.56. The number of nitrogens with zero attached hydrogens (tertiary/aromatic N) is 3. The number of hydrogen-bond acceptors (Lipinski definition) is 5. The smallest absolute Gasteiger partial charge is 0.255 e. The molecule has 7 nitrogen and oxygen atoms in total. The summed E-state index contributed by atoms with van der Waals surface area (Å²) in [6, 6.07) is 11.3. The average molecular weight is 379 g/mol. The first kappa shape index (κ1) is 18.4. The third kappa shape index (κ3) is 4.14. The summed E-state index contributed by atoms with van der Waals surface area (Å²) in [6.07, 6.45) is 4.08. The van der Waals surface area contributed by atoms with Crippen LogP contribution in [0.15, 0.2) is 42.6 Å². The maximum Gasteiger partial charge on any atom is 0.255 e. The van der Waals surface area contributed by atoms with Crippen LogP contribution in [0, 0.1) is 0 Å². The van der Waals surface area contributed by atoms with Crippen LogP contribution in [-0.4, -0.2) is 53.9 Å². The molecular formula is C21H25N5O2. The van der Waals surface area contributed by atoms with Gasteiger partial charge in [0, 0.05) is 50.4 Å². The first-order chi connectivity index (χ1) is 13.6. The Morgan fingerprint density at radius 2 is 1.82 bits per heavy atom. The zero-order chi connectivity index (χ0) is 19.5. The number of benzene rings is 1. The van der Waals surface area contributed by atoms with Gasteiger partial charge in [0.25, 0.3) is 5.91 Å². The quantitative estimate of drug-likeness (QED) is 0.854. The number of nitrogens with one attached hydrogen (secondary N) is 2. The van der Waals surface area contributed by atoms with Crippen molar-refractivity contribution < 1.29 is 9.59 Å². The standard InChI is InChI=1S/C21H25N5O2/c1-15(27)23-17-4-2-3-16(13-17)21(28)24-18-5-6-20(22-14-18)26-12-11-25-9-7-19(26)8-10-25/h2-6,13-14,19H,7-12H2,1H3,(H,23,27)(H,24,28). The molecule has 28 heavy (non-hydrogen) atoms. The summed E-state index contributed by atoms with van der Waals surface area (Å²) < 4.78 is 0. The minimum atomic E-state index is -0.233. The summed E-state index contributed by atoms with van der Waals surface area (Å²) in [6.45, 7) is 5.87. The molecule has 146 valence electrons. The van der Waals surface area contributed by atoms with E-state index in [9.17, 15) is 9.59 Å². The number of carbonyl (C=O) groups excluding carboxylic acids is 2. The number of amides is 2. The van der Waals surface area contributed by atoms with Gasteiger partial charge in [-0.05, 0) is 43.2 Å². The molecule has 3 saturated heterocycles. The summed E-state index contributed by atoms with van der Waals surface area (Å²) in [4.78, 5) is 33.2. The predicted molar refractivity (Wildman–Crippen MR) is 110 cm³/mol. The molecule has 0 unspecified atom stereocenters. The zero-order valence-corrected chi connectivity index (χ0v) is 16.0. The molecule has 1 aromatic carbocycles. The highest BCUT2D eigenvalue weighted by atomic mass is 16.2. The van der Waals surface area contributed by atoms with E-state index in [1.165, 1.54) is 32.9 Å². The predicted octanol–water partition coefficient (Wildman–Crippen LogP) is 2.58. The Balaban J connectivity index is 1.43. The van der Waals surface area contributed by atoms with E-state index < -0.39 is 0 Å². The van der Waals surface area contributed by atoms with Crippen LogP contribution in [0.5, 0.6) is 0 Å². The third-order valence-corrected chi connectivity index (χ3v) is 5.40. The van der Waals surface area contributed by atoms with Gasteiger partial charge in [0.2, 0.25) is 5.91 Å². The number of anilines is 3. The molecular weight excluding hydrogens is 354 g/mol. The number of pyridine rings is 1. The van der Waals surface area contributed by atoms with Gasteiger partial charge in [0.05, 0.1) is 11.9 Å². The molecule has 5 rings (SSSR count). The van der Waals surface area contributed by atoms with E-state index >= 15 is 0 Å². The van der Waals surface area contributed by atoms with E-state index in [4.69, 9.17) is 0 Å². The number of carbonyl (C=O) groups is 2. The summed E-state index contributed by atoms with van der Waals surface area (Å²) in [5.41, 5.74) is 1.73. The lowest BCUT2D eigenvalue weighted by Crippen LogP contribution is -2.38. The Hall–Kier alpha value is -2.93. The molecule has 2 aromatic rings. The fourth-order valence-corrected chi connectivity index (χ4v) is 3.96. The molecule has 4 heterocycles. The Morgan fingerprint density at radius 3 is 2.54 bits per heavy atom. The highest BCUT2D eigenvalue weighted by Crippen LogP contribution is 2.26. The molecule has 2 amide bonds. The van der Waals surface area contributed by atoms with E-state index in [2.05, 4.69) is 25.4 Å². The highest BCUT2D eigenvalue weighted by Gasteiger charge is 2.29. The topological polar surface area (TPSA) is 77.6 Å². The minimum absolute atomic E-state index is 0.170. The van der Waals surface area contributed by atoms with Gasteiger partial charge in [-0.3, -0.25) is 9.59 Å². The van der Waals surface area contributed by atoms with E-state index in [0.29, 0.717) is 23.0 Å². The van der Waals surface area contributed by atoms with Gasteiger partial charge in [-0.2, -0.15) is 0 Å². The van der Waals surface area contributed by atoms with Crippen LogP contribution in [0.3, 0.4) is 0 Å². The molecule has 0 radical (unpaired) electrons. The molecule has 2 bridgehead atoms. The Bertz CT molecular complexity index is 859. The zero-order valence-electron chi connectivity index (χ0n) is 16.0. The number of aromatic nitrogens is 1. The normalized spacial score (nSPS) is 21.1. The molecule has 3 aliphatic rings. The van der Waals surface area contributed by atoms with Crippen LogP contribution >= 0.6 is 0 Å². The van der Waals surface area contributed by atoms with Crippen molar-refractivity contribution in [3.8, 4) is 0 Å². The first-order valence-electron chi connectivity index (χ1n) is 9.72. The lowest BCUT2D eigenvalue weighted by atomic mass is 10.1. The molecule has 0 saturated carbocycles. The second-order valence-electron chi connectivity index (χ2n) is 7.39.